The van der Waals surface area contributed by atoms with E-state index in [2.05, 4.69) is 30.7 Å². The number of pyridine rings is 1. The summed E-state index contributed by atoms with van der Waals surface area (Å²) in [4.78, 5) is 8.70. The lowest BCUT2D eigenvalue weighted by Gasteiger charge is -2.36. The van der Waals surface area contributed by atoms with E-state index in [-0.39, 0.29) is 11.0 Å². The minimum atomic E-state index is -0.353. The number of hydrogen-bond acceptors (Lipinski definition) is 3. The zero-order chi connectivity index (χ0) is 12.0. The van der Waals surface area contributed by atoms with Crippen molar-refractivity contribution < 1.29 is 4.74 Å². The molecule has 1 aromatic rings. The van der Waals surface area contributed by atoms with Gasteiger partial charge in [-0.1, -0.05) is 20.8 Å². The van der Waals surface area contributed by atoms with Crippen LogP contribution in [0.5, 0.6) is 0 Å². The molecule has 3 nitrogen and oxygen atoms in total. The second-order valence-electron chi connectivity index (χ2n) is 5.67. The highest BCUT2D eigenvalue weighted by Crippen LogP contribution is 2.39. The minimum Gasteiger partial charge on any atom is -0.469 e. The topological polar surface area (TPSA) is 34.5 Å². The Hall–Kier alpha value is -1.38. The molecular weight excluding hydrogens is 200 g/mol. The second-order valence-corrected chi connectivity index (χ2v) is 5.67. The van der Waals surface area contributed by atoms with Gasteiger partial charge in [-0.05, 0) is 19.9 Å². The van der Waals surface area contributed by atoms with E-state index in [1.165, 1.54) is 0 Å². The third-order valence-corrected chi connectivity index (χ3v) is 2.66. The Balaban J connectivity index is 2.56. The first-order valence-electron chi connectivity index (χ1n) is 5.53. The van der Waals surface area contributed by atoms with Gasteiger partial charge in [0.15, 0.2) is 5.90 Å². The van der Waals surface area contributed by atoms with Crippen LogP contribution in [0.15, 0.2) is 23.5 Å². The summed E-state index contributed by atoms with van der Waals surface area (Å²) in [6.45, 7) is 10.4. The fourth-order valence-electron chi connectivity index (χ4n) is 1.70. The monoisotopic (exact) mass is 218 g/mol. The first kappa shape index (κ1) is 11.1. The molecule has 1 aliphatic rings. The van der Waals surface area contributed by atoms with E-state index in [0.717, 1.165) is 17.1 Å². The van der Waals surface area contributed by atoms with Crippen LogP contribution in [0.25, 0.3) is 0 Å². The maximum Gasteiger partial charge on any atom is 0.194 e. The summed E-state index contributed by atoms with van der Waals surface area (Å²) in [6.07, 6.45) is 3.60. The first-order chi connectivity index (χ1) is 7.31. The molecule has 1 aromatic heterocycles. The van der Waals surface area contributed by atoms with Gasteiger partial charge in [0.25, 0.3) is 0 Å². The first-order valence-corrected chi connectivity index (χ1v) is 5.53. The summed E-state index contributed by atoms with van der Waals surface area (Å²) >= 11 is 0. The lowest BCUT2D eigenvalue weighted by molar-refractivity contribution is 0.0728. The smallest absolute Gasteiger partial charge is 0.194 e. The molecule has 0 atom stereocenters. The molecule has 0 N–H and O–H groups in total. The van der Waals surface area contributed by atoms with Crippen molar-refractivity contribution in [2.24, 2.45) is 10.4 Å². The maximum atomic E-state index is 5.97. The van der Waals surface area contributed by atoms with Crippen molar-refractivity contribution in [2.45, 2.75) is 40.2 Å². The lowest BCUT2D eigenvalue weighted by Crippen LogP contribution is -2.35. The largest absolute Gasteiger partial charge is 0.469 e. The van der Waals surface area contributed by atoms with Gasteiger partial charge >= 0.3 is 0 Å². The number of fused-ring (bicyclic) bond motifs is 1. The van der Waals surface area contributed by atoms with Crippen LogP contribution in [0.1, 0.15) is 40.2 Å². The Morgan fingerprint density at radius 1 is 1.25 bits per heavy atom. The van der Waals surface area contributed by atoms with Crippen molar-refractivity contribution in [3.05, 3.63) is 24.0 Å². The van der Waals surface area contributed by atoms with Crippen LogP contribution >= 0.6 is 0 Å². The molecule has 0 saturated carbocycles. The van der Waals surface area contributed by atoms with Crippen LogP contribution in [0, 0.1) is 5.41 Å². The van der Waals surface area contributed by atoms with Crippen molar-refractivity contribution in [3.63, 3.8) is 0 Å². The van der Waals surface area contributed by atoms with Gasteiger partial charge in [0.05, 0.1) is 5.69 Å². The van der Waals surface area contributed by atoms with Crippen LogP contribution in [0.2, 0.25) is 0 Å². The van der Waals surface area contributed by atoms with Gasteiger partial charge in [0.2, 0.25) is 0 Å². The van der Waals surface area contributed by atoms with Gasteiger partial charge in [0.1, 0.15) is 5.60 Å². The molecule has 0 bridgehead atoms. The molecule has 2 heterocycles. The summed E-state index contributed by atoms with van der Waals surface area (Å²) in [5.74, 6) is 0.788. The predicted octanol–water partition coefficient (Wildman–Crippen LogP) is 3.42. The normalized spacial score (nSPS) is 18.4. The van der Waals surface area contributed by atoms with E-state index < -0.39 is 0 Å². The highest BCUT2D eigenvalue weighted by atomic mass is 16.5. The van der Waals surface area contributed by atoms with E-state index in [1.807, 2.05) is 26.1 Å². The molecule has 86 valence electrons. The summed E-state index contributed by atoms with van der Waals surface area (Å²) in [5.41, 5.74) is 1.59. The molecule has 16 heavy (non-hydrogen) atoms. The third kappa shape index (κ3) is 1.82. The van der Waals surface area contributed by atoms with E-state index in [1.54, 1.807) is 6.20 Å². The molecule has 0 unspecified atom stereocenters. The highest BCUT2D eigenvalue weighted by molar-refractivity contribution is 5.86. The molecule has 0 radical (unpaired) electrons. The van der Waals surface area contributed by atoms with Gasteiger partial charge in [-0.2, -0.15) is 0 Å². The van der Waals surface area contributed by atoms with Gasteiger partial charge in [-0.15, -0.1) is 0 Å². The summed E-state index contributed by atoms with van der Waals surface area (Å²) < 4.78 is 5.97. The van der Waals surface area contributed by atoms with Crippen LogP contribution in [0.4, 0.5) is 5.69 Å². The fourth-order valence-corrected chi connectivity index (χ4v) is 1.70. The number of aromatic nitrogens is 1. The Morgan fingerprint density at radius 3 is 2.56 bits per heavy atom. The Morgan fingerprint density at radius 2 is 1.94 bits per heavy atom. The van der Waals surface area contributed by atoms with E-state index in [9.17, 15) is 0 Å². The van der Waals surface area contributed by atoms with E-state index >= 15 is 0 Å². The number of rotatable bonds is 0. The molecule has 0 fully saturated rings. The highest BCUT2D eigenvalue weighted by Gasteiger charge is 2.35. The lowest BCUT2D eigenvalue weighted by atomic mass is 9.91. The average molecular weight is 218 g/mol. The maximum absolute atomic E-state index is 5.97. The Labute approximate surface area is 96.6 Å². The van der Waals surface area contributed by atoms with E-state index in [4.69, 9.17) is 4.74 Å². The quantitative estimate of drug-likeness (QED) is 0.668. The van der Waals surface area contributed by atoms with Gasteiger partial charge in [0, 0.05) is 23.4 Å². The standard InChI is InChI=1S/C13H18N2O/c1-12(2,3)11-15-10-6-7-14-8-9(10)13(4,5)16-11/h6-8H,1-5H3. The van der Waals surface area contributed by atoms with Crippen molar-refractivity contribution in [1.29, 1.82) is 0 Å². The zero-order valence-corrected chi connectivity index (χ0v) is 10.5. The van der Waals surface area contributed by atoms with Crippen molar-refractivity contribution in [2.75, 3.05) is 0 Å². The molecule has 3 heteroatoms. The Kier molecular flexibility index (Phi) is 2.30. The minimum absolute atomic E-state index is 0.0712. The second kappa shape index (κ2) is 3.30. The van der Waals surface area contributed by atoms with E-state index in [0.29, 0.717) is 0 Å². The SMILES string of the molecule is CC(C)(C)C1=Nc2ccncc2C(C)(C)O1. The molecule has 2 rings (SSSR count). The number of nitrogens with zero attached hydrogens (tertiary/aromatic N) is 2. The van der Waals surface area contributed by atoms with Crippen LogP contribution in [-0.4, -0.2) is 10.9 Å². The molecule has 0 aliphatic carbocycles. The third-order valence-electron chi connectivity index (χ3n) is 2.66. The van der Waals surface area contributed by atoms with Gasteiger partial charge in [-0.25, -0.2) is 4.99 Å². The van der Waals surface area contributed by atoms with Gasteiger partial charge < -0.3 is 4.74 Å². The summed E-state index contributed by atoms with van der Waals surface area (Å²) in [5, 5.41) is 0. The molecule has 0 amide bonds. The molecule has 1 aliphatic heterocycles. The van der Waals surface area contributed by atoms with Crippen LogP contribution in [0.3, 0.4) is 0 Å². The van der Waals surface area contributed by atoms with Gasteiger partial charge in [-0.3, -0.25) is 4.98 Å². The zero-order valence-electron chi connectivity index (χ0n) is 10.5. The average Bonchev–Trinajstić information content (AvgIpc) is 2.15. The predicted molar refractivity (Wildman–Crippen MR) is 64.9 cm³/mol. The number of aliphatic imine (C=N–C) groups is 1. The molecular formula is C13H18N2O. The Bertz CT molecular complexity index is 441. The number of hydrogen-bond donors (Lipinski definition) is 0. The summed E-state index contributed by atoms with van der Waals surface area (Å²) in [7, 11) is 0. The van der Waals surface area contributed by atoms with Crippen molar-refractivity contribution >= 4 is 11.6 Å². The van der Waals surface area contributed by atoms with Crippen LogP contribution < -0.4 is 0 Å². The molecule has 0 saturated heterocycles. The number of ether oxygens (including phenoxy) is 1. The summed E-state index contributed by atoms with van der Waals surface area (Å²) in [6, 6.07) is 1.94. The molecule has 0 aromatic carbocycles. The van der Waals surface area contributed by atoms with Crippen molar-refractivity contribution in [1.82, 2.24) is 4.98 Å². The fraction of sp³-hybridized carbons (Fsp3) is 0.538. The molecule has 0 spiro atoms. The van der Waals surface area contributed by atoms with Crippen molar-refractivity contribution in [3.8, 4) is 0 Å². The van der Waals surface area contributed by atoms with Crippen LogP contribution in [-0.2, 0) is 10.3 Å².